The van der Waals surface area contributed by atoms with Gasteiger partial charge in [0.05, 0.1) is 36.0 Å². The molecule has 2 aromatic carbocycles. The predicted octanol–water partition coefficient (Wildman–Crippen LogP) is 4.01. The van der Waals surface area contributed by atoms with E-state index in [0.29, 0.717) is 30.7 Å². The molecule has 1 saturated heterocycles. The molecule has 2 aromatic heterocycles. The lowest BCUT2D eigenvalue weighted by Crippen LogP contribution is -2.38. The monoisotopic (exact) mass is 487 g/mol. The number of nitrogens with one attached hydrogen (secondary N) is 1. The van der Waals surface area contributed by atoms with Crippen LogP contribution in [0.4, 0.5) is 5.95 Å². The number of hydrogen-bond acceptors (Lipinski definition) is 8. The highest BCUT2D eigenvalue weighted by molar-refractivity contribution is 7.99. The van der Waals surface area contributed by atoms with E-state index in [1.165, 1.54) is 11.8 Å². The Labute approximate surface area is 207 Å². The standard InChI is InChI=1S/C25H25N7O2S/c1-17(22(33)19(15-26)23-27-20-9-5-6-10-21(20)28-23)35-25-30-29-24(31-11-13-34-14-12-31)32(25)16-18-7-3-2-4-8-18/h2-10,17,33H,11-14,16H2,1H3,(H,27,28)/b22-19-. The lowest BCUT2D eigenvalue weighted by molar-refractivity contribution is 0.121. The van der Waals surface area contributed by atoms with Crippen molar-refractivity contribution in [3.05, 3.63) is 71.7 Å². The number of aliphatic hydroxyl groups excluding tert-OH is 1. The number of nitrogens with zero attached hydrogens (tertiary/aromatic N) is 6. The van der Waals surface area contributed by atoms with Gasteiger partial charge >= 0.3 is 0 Å². The van der Waals surface area contributed by atoms with Crippen molar-refractivity contribution in [3.63, 3.8) is 0 Å². The number of morpholine rings is 1. The number of benzene rings is 2. The van der Waals surface area contributed by atoms with Gasteiger partial charge in [-0.3, -0.25) is 4.57 Å². The van der Waals surface area contributed by atoms with Gasteiger partial charge in [0, 0.05) is 13.1 Å². The molecule has 1 atom stereocenters. The highest BCUT2D eigenvalue weighted by atomic mass is 32.2. The molecule has 1 aliphatic rings. The number of fused-ring (bicyclic) bond motifs is 1. The second-order valence-corrected chi connectivity index (χ2v) is 9.50. The number of aromatic amines is 1. The summed E-state index contributed by atoms with van der Waals surface area (Å²) in [5, 5.41) is 30.0. The quantitative estimate of drug-likeness (QED) is 0.228. The summed E-state index contributed by atoms with van der Waals surface area (Å²) >= 11 is 1.36. The Morgan fingerprint density at radius 3 is 2.63 bits per heavy atom. The van der Waals surface area contributed by atoms with Crippen LogP contribution in [0.3, 0.4) is 0 Å². The number of ether oxygens (including phenoxy) is 1. The molecule has 0 bridgehead atoms. The summed E-state index contributed by atoms with van der Waals surface area (Å²) in [6, 6.07) is 19.8. The number of nitriles is 1. The van der Waals surface area contributed by atoms with Crippen molar-refractivity contribution in [1.82, 2.24) is 24.7 Å². The summed E-state index contributed by atoms with van der Waals surface area (Å²) in [4.78, 5) is 9.77. The lowest BCUT2D eigenvalue weighted by Gasteiger charge is -2.28. The fourth-order valence-corrected chi connectivity index (χ4v) is 4.90. The van der Waals surface area contributed by atoms with Gasteiger partial charge in [0.25, 0.3) is 0 Å². The van der Waals surface area contributed by atoms with E-state index in [1.54, 1.807) is 0 Å². The number of para-hydroxylation sites is 2. The Morgan fingerprint density at radius 2 is 1.89 bits per heavy atom. The molecule has 0 amide bonds. The molecule has 0 saturated carbocycles. The third-order valence-electron chi connectivity index (χ3n) is 5.84. The van der Waals surface area contributed by atoms with Crippen LogP contribution >= 0.6 is 11.8 Å². The third-order valence-corrected chi connectivity index (χ3v) is 6.93. The van der Waals surface area contributed by atoms with Crippen molar-refractivity contribution >= 4 is 34.3 Å². The number of imidazole rings is 1. The first kappa shape index (κ1) is 23.0. The smallest absolute Gasteiger partial charge is 0.228 e. The zero-order valence-corrected chi connectivity index (χ0v) is 20.1. The minimum absolute atomic E-state index is 0.0567. The Morgan fingerprint density at radius 1 is 1.14 bits per heavy atom. The first-order valence-corrected chi connectivity index (χ1v) is 12.3. The summed E-state index contributed by atoms with van der Waals surface area (Å²) in [6.07, 6.45) is 0. The maximum Gasteiger partial charge on any atom is 0.228 e. The van der Waals surface area contributed by atoms with Crippen LogP contribution in [0.15, 0.2) is 65.5 Å². The van der Waals surface area contributed by atoms with E-state index in [-0.39, 0.29) is 11.3 Å². The van der Waals surface area contributed by atoms with Crippen molar-refractivity contribution < 1.29 is 9.84 Å². The van der Waals surface area contributed by atoms with Gasteiger partial charge in [0.2, 0.25) is 5.95 Å². The fraction of sp³-hybridized carbons (Fsp3) is 0.280. The molecule has 0 radical (unpaired) electrons. The summed E-state index contributed by atoms with van der Waals surface area (Å²) in [5.41, 5.74) is 2.78. The maximum absolute atomic E-state index is 11.0. The second-order valence-electron chi connectivity index (χ2n) is 8.19. The van der Waals surface area contributed by atoms with E-state index in [0.717, 1.165) is 35.6 Å². The minimum Gasteiger partial charge on any atom is -0.510 e. The van der Waals surface area contributed by atoms with E-state index in [1.807, 2.05) is 49.4 Å². The number of allylic oxidation sites excluding steroid dienone is 1. The highest BCUT2D eigenvalue weighted by Gasteiger charge is 2.25. The average molecular weight is 488 g/mol. The van der Waals surface area contributed by atoms with Gasteiger partial charge in [-0.25, -0.2) is 4.98 Å². The molecule has 5 rings (SSSR count). The van der Waals surface area contributed by atoms with Crippen LogP contribution in [0.25, 0.3) is 16.6 Å². The molecule has 4 aromatic rings. The SMILES string of the molecule is CC(Sc1nnc(N2CCOCC2)n1Cc1ccccc1)/C(O)=C(\C#N)c1nc2ccccc2[nH]1. The minimum atomic E-state index is -0.450. The zero-order valence-electron chi connectivity index (χ0n) is 19.3. The summed E-state index contributed by atoms with van der Waals surface area (Å²) < 4.78 is 7.56. The van der Waals surface area contributed by atoms with Crippen LogP contribution < -0.4 is 4.90 Å². The zero-order chi connectivity index (χ0) is 24.2. The molecular weight excluding hydrogens is 462 g/mol. The van der Waals surface area contributed by atoms with Crippen molar-refractivity contribution in [1.29, 1.82) is 5.26 Å². The van der Waals surface area contributed by atoms with Crippen molar-refractivity contribution in [2.45, 2.75) is 23.9 Å². The molecular formula is C25H25N7O2S. The van der Waals surface area contributed by atoms with E-state index in [9.17, 15) is 10.4 Å². The first-order chi connectivity index (χ1) is 17.1. The van der Waals surface area contributed by atoms with Gasteiger partial charge in [0.15, 0.2) is 11.0 Å². The Kier molecular flexibility index (Phi) is 6.70. The number of aromatic nitrogens is 5. The molecule has 35 heavy (non-hydrogen) atoms. The van der Waals surface area contributed by atoms with Gasteiger partial charge in [0.1, 0.15) is 17.4 Å². The normalized spacial score (nSPS) is 15.6. The molecule has 178 valence electrons. The van der Waals surface area contributed by atoms with E-state index >= 15 is 0 Å². The molecule has 3 heterocycles. The molecule has 1 unspecified atom stereocenters. The molecule has 1 fully saturated rings. The Balaban J connectivity index is 1.46. The van der Waals surface area contributed by atoms with Crippen LogP contribution in [-0.4, -0.2) is 61.4 Å². The molecule has 0 aliphatic carbocycles. The summed E-state index contributed by atoms with van der Waals surface area (Å²) in [7, 11) is 0. The van der Waals surface area contributed by atoms with E-state index < -0.39 is 5.25 Å². The fourth-order valence-electron chi connectivity index (χ4n) is 3.99. The van der Waals surface area contributed by atoms with Crippen LogP contribution in [0, 0.1) is 11.3 Å². The number of thioether (sulfide) groups is 1. The van der Waals surface area contributed by atoms with Gasteiger partial charge in [-0.1, -0.05) is 54.2 Å². The van der Waals surface area contributed by atoms with E-state index in [2.05, 4.69) is 47.8 Å². The average Bonchev–Trinajstić information content (AvgIpc) is 3.49. The molecule has 2 N–H and O–H groups in total. The molecule has 9 nitrogen and oxygen atoms in total. The van der Waals surface area contributed by atoms with Crippen molar-refractivity contribution in [2.24, 2.45) is 0 Å². The molecule has 10 heteroatoms. The lowest BCUT2D eigenvalue weighted by atomic mass is 10.2. The van der Waals surface area contributed by atoms with Crippen LogP contribution in [0.2, 0.25) is 0 Å². The maximum atomic E-state index is 11.0. The Hall–Kier alpha value is -3.81. The van der Waals surface area contributed by atoms with Crippen molar-refractivity contribution in [2.75, 3.05) is 31.2 Å². The Bertz CT molecular complexity index is 1350. The number of anilines is 1. The highest BCUT2D eigenvalue weighted by Crippen LogP contribution is 2.32. The van der Waals surface area contributed by atoms with Gasteiger partial charge in [-0.2, -0.15) is 5.26 Å². The van der Waals surface area contributed by atoms with Crippen LogP contribution in [0.1, 0.15) is 18.3 Å². The summed E-state index contributed by atoms with van der Waals surface area (Å²) in [5.74, 6) is 1.06. The number of aliphatic hydroxyl groups is 1. The largest absolute Gasteiger partial charge is 0.510 e. The molecule has 0 spiro atoms. The number of hydrogen-bond donors (Lipinski definition) is 2. The molecule has 1 aliphatic heterocycles. The third kappa shape index (κ3) is 4.87. The van der Waals surface area contributed by atoms with Crippen LogP contribution in [0.5, 0.6) is 0 Å². The van der Waals surface area contributed by atoms with Gasteiger partial charge in [-0.05, 0) is 24.6 Å². The topological polar surface area (TPSA) is 116 Å². The van der Waals surface area contributed by atoms with E-state index in [4.69, 9.17) is 4.74 Å². The first-order valence-electron chi connectivity index (χ1n) is 11.4. The predicted molar refractivity (Wildman–Crippen MR) is 135 cm³/mol. The van der Waals surface area contributed by atoms with Crippen molar-refractivity contribution in [3.8, 4) is 6.07 Å². The van der Waals surface area contributed by atoms with Gasteiger partial charge in [-0.15, -0.1) is 10.2 Å². The number of H-pyrrole nitrogens is 1. The number of rotatable bonds is 7. The summed E-state index contributed by atoms with van der Waals surface area (Å²) in [6.45, 7) is 5.20. The second kappa shape index (κ2) is 10.2. The van der Waals surface area contributed by atoms with Gasteiger partial charge < -0.3 is 19.7 Å². The van der Waals surface area contributed by atoms with Crippen LogP contribution in [-0.2, 0) is 11.3 Å².